The van der Waals surface area contributed by atoms with Gasteiger partial charge >= 0.3 is 0 Å². The summed E-state index contributed by atoms with van der Waals surface area (Å²) in [7, 11) is 0. The molecule has 0 radical (unpaired) electrons. The third-order valence-electron chi connectivity index (χ3n) is 2.68. The predicted molar refractivity (Wildman–Crippen MR) is 61.2 cm³/mol. The highest BCUT2D eigenvalue weighted by molar-refractivity contribution is 5.95. The molecule has 1 aliphatic heterocycles. The van der Waals surface area contributed by atoms with Gasteiger partial charge in [0.25, 0.3) is 5.91 Å². The van der Waals surface area contributed by atoms with Gasteiger partial charge in [-0.3, -0.25) is 4.79 Å². The second-order valence-corrected chi connectivity index (χ2v) is 3.83. The first kappa shape index (κ1) is 11.7. The lowest BCUT2D eigenvalue weighted by Gasteiger charge is -2.13. The number of hydrogen-bond acceptors (Lipinski definition) is 4. The minimum Gasteiger partial charge on any atom is -0.454 e. The molecule has 1 heterocycles. The van der Waals surface area contributed by atoms with Gasteiger partial charge in [0.05, 0.1) is 12.6 Å². The minimum absolute atomic E-state index is 0.0627. The topological polar surface area (TPSA) is 67.8 Å². The maximum absolute atomic E-state index is 11.9. The first-order valence-corrected chi connectivity index (χ1v) is 5.56. The van der Waals surface area contributed by atoms with Crippen molar-refractivity contribution < 1.29 is 19.4 Å². The maximum Gasteiger partial charge on any atom is 0.251 e. The summed E-state index contributed by atoms with van der Waals surface area (Å²) >= 11 is 0. The number of aliphatic hydroxyl groups excluding tert-OH is 1. The lowest BCUT2D eigenvalue weighted by molar-refractivity contribution is 0.0914. The minimum atomic E-state index is -0.218. The summed E-state index contributed by atoms with van der Waals surface area (Å²) in [5.41, 5.74) is 0.501. The summed E-state index contributed by atoms with van der Waals surface area (Å²) in [5, 5.41) is 11.8. The number of rotatable bonds is 4. The molecule has 1 amide bonds. The number of hydrogen-bond donors (Lipinski definition) is 2. The van der Waals surface area contributed by atoms with Crippen molar-refractivity contribution in [3.8, 4) is 11.5 Å². The third kappa shape index (κ3) is 2.50. The zero-order valence-corrected chi connectivity index (χ0v) is 9.60. The van der Waals surface area contributed by atoms with Gasteiger partial charge in [-0.05, 0) is 24.6 Å². The molecule has 17 heavy (non-hydrogen) atoms. The molecule has 0 saturated heterocycles. The van der Waals surface area contributed by atoms with Gasteiger partial charge in [0.15, 0.2) is 11.5 Å². The summed E-state index contributed by atoms with van der Waals surface area (Å²) in [4.78, 5) is 11.9. The van der Waals surface area contributed by atoms with E-state index in [0.717, 1.165) is 0 Å². The summed E-state index contributed by atoms with van der Waals surface area (Å²) in [5.74, 6) is 1.01. The monoisotopic (exact) mass is 237 g/mol. The lowest BCUT2D eigenvalue weighted by atomic mass is 10.1. The van der Waals surface area contributed by atoms with Crippen LogP contribution in [0.25, 0.3) is 0 Å². The highest BCUT2D eigenvalue weighted by atomic mass is 16.7. The first-order valence-electron chi connectivity index (χ1n) is 5.56. The van der Waals surface area contributed by atoms with Crippen LogP contribution in [0.1, 0.15) is 23.7 Å². The molecule has 1 atom stereocenters. The van der Waals surface area contributed by atoms with Crippen LogP contribution in [0.4, 0.5) is 0 Å². The number of amides is 1. The number of carbonyl (C=O) groups excluding carboxylic acids is 1. The second-order valence-electron chi connectivity index (χ2n) is 3.83. The van der Waals surface area contributed by atoms with Crippen molar-refractivity contribution in [2.45, 2.75) is 19.4 Å². The highest BCUT2D eigenvalue weighted by Gasteiger charge is 2.17. The molecule has 0 saturated carbocycles. The Hall–Kier alpha value is -1.75. The van der Waals surface area contributed by atoms with Gasteiger partial charge in [-0.1, -0.05) is 6.92 Å². The van der Waals surface area contributed by atoms with Gasteiger partial charge in [-0.2, -0.15) is 0 Å². The standard InChI is InChI=1S/C12H15NO4/c1-2-9(6-14)13-12(15)8-3-4-10-11(5-8)17-7-16-10/h3-5,9,14H,2,6-7H2,1H3,(H,13,15)/t9-/m1/s1. The number of fused-ring (bicyclic) bond motifs is 1. The van der Waals surface area contributed by atoms with E-state index >= 15 is 0 Å². The van der Waals surface area contributed by atoms with E-state index < -0.39 is 0 Å². The van der Waals surface area contributed by atoms with Crippen LogP contribution in [0.2, 0.25) is 0 Å². The van der Waals surface area contributed by atoms with E-state index in [4.69, 9.17) is 14.6 Å². The first-order chi connectivity index (χ1) is 8.24. The predicted octanol–water partition coefficient (Wildman–Crippen LogP) is 0.916. The third-order valence-corrected chi connectivity index (χ3v) is 2.68. The molecule has 92 valence electrons. The molecule has 2 N–H and O–H groups in total. The van der Waals surface area contributed by atoms with Gasteiger partial charge in [0.1, 0.15) is 0 Å². The van der Waals surface area contributed by atoms with Crippen LogP contribution in [-0.4, -0.2) is 30.5 Å². The fourth-order valence-corrected chi connectivity index (χ4v) is 1.58. The summed E-state index contributed by atoms with van der Waals surface area (Å²) in [6.07, 6.45) is 0.687. The SMILES string of the molecule is CC[C@H](CO)NC(=O)c1ccc2c(c1)OCO2. The average Bonchev–Trinajstić information content (AvgIpc) is 2.82. The van der Waals surface area contributed by atoms with Gasteiger partial charge in [-0.15, -0.1) is 0 Å². The molecular weight excluding hydrogens is 222 g/mol. The smallest absolute Gasteiger partial charge is 0.251 e. The van der Waals surface area contributed by atoms with Gasteiger partial charge in [0, 0.05) is 5.56 Å². The van der Waals surface area contributed by atoms with Crippen molar-refractivity contribution in [3.63, 3.8) is 0 Å². The van der Waals surface area contributed by atoms with Crippen LogP contribution in [0.15, 0.2) is 18.2 Å². The van der Waals surface area contributed by atoms with Crippen LogP contribution in [-0.2, 0) is 0 Å². The van der Waals surface area contributed by atoms with Gasteiger partial charge < -0.3 is 19.9 Å². The van der Waals surface area contributed by atoms with Gasteiger partial charge in [0.2, 0.25) is 6.79 Å². The molecule has 0 aromatic heterocycles. The fraction of sp³-hybridized carbons (Fsp3) is 0.417. The van der Waals surface area contributed by atoms with E-state index in [1.165, 1.54) is 0 Å². The Kier molecular flexibility index (Phi) is 3.49. The van der Waals surface area contributed by atoms with Crippen LogP contribution in [0.3, 0.4) is 0 Å². The average molecular weight is 237 g/mol. The number of nitrogens with one attached hydrogen (secondary N) is 1. The van der Waals surface area contributed by atoms with Crippen molar-refractivity contribution in [1.29, 1.82) is 0 Å². The fourth-order valence-electron chi connectivity index (χ4n) is 1.58. The molecule has 1 aliphatic rings. The van der Waals surface area contributed by atoms with E-state index in [9.17, 15) is 4.79 Å². The molecule has 5 nitrogen and oxygen atoms in total. The highest BCUT2D eigenvalue weighted by Crippen LogP contribution is 2.32. The Labute approximate surface area is 99.3 Å². The molecule has 2 rings (SSSR count). The number of carbonyl (C=O) groups is 1. The molecule has 0 unspecified atom stereocenters. The number of ether oxygens (including phenoxy) is 2. The zero-order valence-electron chi connectivity index (χ0n) is 9.60. The Morgan fingerprint density at radius 2 is 2.24 bits per heavy atom. The van der Waals surface area contributed by atoms with Crippen molar-refractivity contribution in [1.82, 2.24) is 5.32 Å². The lowest BCUT2D eigenvalue weighted by Crippen LogP contribution is -2.36. The van der Waals surface area contributed by atoms with Crippen LogP contribution in [0, 0.1) is 0 Å². The Morgan fingerprint density at radius 1 is 1.47 bits per heavy atom. The normalized spacial score (nSPS) is 14.5. The molecule has 5 heteroatoms. The van der Waals surface area contributed by atoms with Crippen molar-refractivity contribution in [3.05, 3.63) is 23.8 Å². The summed E-state index contributed by atoms with van der Waals surface area (Å²) in [6.45, 7) is 2.03. The van der Waals surface area contributed by atoms with E-state index in [1.54, 1.807) is 18.2 Å². The Bertz CT molecular complexity index is 415. The largest absolute Gasteiger partial charge is 0.454 e. The van der Waals surface area contributed by atoms with E-state index in [-0.39, 0.29) is 25.3 Å². The molecular formula is C12H15NO4. The molecule has 0 fully saturated rings. The van der Waals surface area contributed by atoms with E-state index in [2.05, 4.69) is 5.32 Å². The molecule has 0 spiro atoms. The second kappa shape index (κ2) is 5.05. The Balaban J connectivity index is 2.09. The van der Waals surface area contributed by atoms with Crippen LogP contribution >= 0.6 is 0 Å². The maximum atomic E-state index is 11.9. The van der Waals surface area contributed by atoms with Crippen molar-refractivity contribution in [2.24, 2.45) is 0 Å². The Morgan fingerprint density at radius 3 is 2.94 bits per heavy atom. The number of aliphatic hydroxyl groups is 1. The molecule has 0 bridgehead atoms. The van der Waals surface area contributed by atoms with E-state index in [0.29, 0.717) is 23.5 Å². The van der Waals surface area contributed by atoms with Crippen LogP contribution in [0.5, 0.6) is 11.5 Å². The summed E-state index contributed by atoms with van der Waals surface area (Å²) < 4.78 is 10.4. The van der Waals surface area contributed by atoms with Crippen LogP contribution < -0.4 is 14.8 Å². The van der Waals surface area contributed by atoms with Gasteiger partial charge in [-0.25, -0.2) is 0 Å². The van der Waals surface area contributed by atoms with E-state index in [1.807, 2.05) is 6.92 Å². The zero-order chi connectivity index (χ0) is 12.3. The molecule has 0 aliphatic carbocycles. The summed E-state index contributed by atoms with van der Waals surface area (Å²) in [6, 6.07) is 4.80. The van der Waals surface area contributed by atoms with Crippen molar-refractivity contribution >= 4 is 5.91 Å². The molecule has 1 aromatic carbocycles. The molecule has 1 aromatic rings. The quantitative estimate of drug-likeness (QED) is 0.817. The number of benzene rings is 1. The van der Waals surface area contributed by atoms with Crippen molar-refractivity contribution in [2.75, 3.05) is 13.4 Å².